The van der Waals surface area contributed by atoms with Crippen molar-refractivity contribution in [3.63, 3.8) is 0 Å². The lowest BCUT2D eigenvalue weighted by atomic mass is 9.86. The average molecular weight is 651 g/mol. The number of likely N-dealkylation sites (tertiary alicyclic amines) is 1. The molecule has 1 amide bonds. The Morgan fingerprint density at radius 1 is 1.20 bits per heavy atom. The van der Waals surface area contributed by atoms with Gasteiger partial charge >= 0.3 is 12.5 Å². The summed E-state index contributed by atoms with van der Waals surface area (Å²) in [6.07, 6.45) is -6.02. The van der Waals surface area contributed by atoms with Crippen LogP contribution in [0, 0.1) is 0 Å². The van der Waals surface area contributed by atoms with Crippen LogP contribution in [-0.4, -0.2) is 60.4 Å². The lowest BCUT2D eigenvalue weighted by Gasteiger charge is -2.41. The fraction of sp³-hybridized carbons (Fsp3) is 0.500. The number of carbonyl (C=O) groups is 1. The van der Waals surface area contributed by atoms with Crippen LogP contribution in [0.15, 0.2) is 40.4 Å². The van der Waals surface area contributed by atoms with Crippen LogP contribution in [0.25, 0.3) is 0 Å². The number of methoxy groups -OCH3 is 1. The number of nitrogens with one attached hydrogen (secondary N) is 1. The summed E-state index contributed by atoms with van der Waals surface area (Å²) >= 11 is 1.13. The monoisotopic (exact) mass is 650 g/mol. The molecule has 5 rings (SSSR count). The van der Waals surface area contributed by atoms with Crippen molar-refractivity contribution in [3.05, 3.63) is 52.2 Å². The number of nitrogens with two attached hydrogens (primary N) is 1. The van der Waals surface area contributed by atoms with Gasteiger partial charge in [-0.05, 0) is 48.6 Å². The maximum Gasteiger partial charge on any atom is 0.586 e. The lowest BCUT2D eigenvalue weighted by molar-refractivity contribution is -0.286. The molecular weight excluding hydrogens is 621 g/mol. The van der Waals surface area contributed by atoms with E-state index < -0.39 is 60.2 Å². The Kier molecular flexibility index (Phi) is 8.48. The molecule has 1 aromatic carbocycles. The van der Waals surface area contributed by atoms with Crippen molar-refractivity contribution in [2.75, 3.05) is 20.2 Å². The van der Waals surface area contributed by atoms with E-state index in [0.717, 1.165) is 36.7 Å². The third kappa shape index (κ3) is 6.42. The largest absolute Gasteiger partial charge is 0.586 e. The number of benzene rings is 1. The van der Waals surface area contributed by atoms with Gasteiger partial charge in [0, 0.05) is 36.2 Å². The second-order valence-corrected chi connectivity index (χ2v) is 12.0. The van der Waals surface area contributed by atoms with Crippen LogP contribution in [0.5, 0.6) is 17.4 Å². The number of thioether (sulfide) groups is 1. The highest BCUT2D eigenvalue weighted by Gasteiger charge is 2.48. The molecule has 0 saturated carbocycles. The second-order valence-electron chi connectivity index (χ2n) is 10.9. The minimum atomic E-state index is -4.86. The van der Waals surface area contributed by atoms with Crippen molar-refractivity contribution in [2.24, 2.45) is 5.73 Å². The van der Waals surface area contributed by atoms with Gasteiger partial charge in [0.05, 0.1) is 24.1 Å². The predicted octanol–water partition coefficient (Wildman–Crippen LogP) is 6.04. The summed E-state index contributed by atoms with van der Waals surface area (Å²) in [7, 11) is 1.10. The molecule has 0 radical (unpaired) electrons. The fourth-order valence-corrected chi connectivity index (χ4v) is 6.49. The molecule has 3 aliphatic rings. The summed E-state index contributed by atoms with van der Waals surface area (Å²) < 4.78 is 112. The minimum absolute atomic E-state index is 0.0849. The van der Waals surface area contributed by atoms with Crippen molar-refractivity contribution in [1.29, 1.82) is 0 Å². The Balaban J connectivity index is 1.32. The molecule has 1 fully saturated rings. The van der Waals surface area contributed by atoms with Crippen molar-refractivity contribution in [3.8, 4) is 17.4 Å². The molecule has 3 N–H and O–H groups in total. The highest BCUT2D eigenvalue weighted by Crippen LogP contribution is 2.49. The first-order valence-corrected chi connectivity index (χ1v) is 14.4. The predicted molar refractivity (Wildman–Crippen MR) is 145 cm³/mol. The summed E-state index contributed by atoms with van der Waals surface area (Å²) in [5, 5.41) is 3.22. The smallest absolute Gasteiger partial charge is 0.481 e. The van der Waals surface area contributed by atoms with Crippen LogP contribution in [0.4, 0.5) is 30.7 Å². The zero-order valence-electron chi connectivity index (χ0n) is 23.7. The zero-order valence-corrected chi connectivity index (χ0v) is 24.5. The Morgan fingerprint density at radius 3 is 2.55 bits per heavy atom. The van der Waals surface area contributed by atoms with Crippen LogP contribution in [0.1, 0.15) is 61.3 Å². The molecule has 4 unspecified atom stereocenters. The SMILES string of the molecule is COc1ncc(C2CN(C(C)C(=O)NC3=CCC(C)c4cc5c(cc4S3)OC(F)(F)O5)CCC2(F)F)cc1C(N)C(F)(F)F. The molecule has 44 heavy (non-hydrogen) atoms. The normalized spacial score (nSPS) is 24.0. The van der Waals surface area contributed by atoms with E-state index in [1.165, 1.54) is 24.0 Å². The van der Waals surface area contributed by atoms with Gasteiger partial charge in [-0.15, -0.1) is 8.78 Å². The molecule has 3 aliphatic heterocycles. The van der Waals surface area contributed by atoms with Crippen LogP contribution in [0.2, 0.25) is 0 Å². The first-order valence-electron chi connectivity index (χ1n) is 13.6. The van der Waals surface area contributed by atoms with E-state index in [2.05, 4.69) is 19.8 Å². The standard InChI is InChI=1S/C28H29F7N4O4S/c1-13-4-5-22(44-21-10-20-19(9-16(13)21)42-28(34,35)43-20)38-24(40)14(2)39-7-6-26(29,30)18(12-39)15-8-17(23(36)27(31,32)33)25(41-3)37-11-15/h5,8-11,13-14,18,23H,4,6-7,12,36H2,1-3H3,(H,38,40). The van der Waals surface area contributed by atoms with Crippen molar-refractivity contribution in [2.45, 2.75) is 73.9 Å². The van der Waals surface area contributed by atoms with Gasteiger partial charge in [0.2, 0.25) is 11.8 Å². The highest BCUT2D eigenvalue weighted by atomic mass is 32.2. The molecule has 4 atom stereocenters. The van der Waals surface area contributed by atoms with E-state index in [1.807, 2.05) is 6.92 Å². The molecule has 1 saturated heterocycles. The minimum Gasteiger partial charge on any atom is -0.481 e. The third-order valence-corrected chi connectivity index (χ3v) is 9.02. The summed E-state index contributed by atoms with van der Waals surface area (Å²) in [5.41, 5.74) is 5.34. The number of rotatable bonds is 6. The Labute approximate surface area is 252 Å². The number of pyridine rings is 1. The van der Waals surface area contributed by atoms with E-state index in [9.17, 15) is 26.7 Å². The number of halogens is 7. The topological polar surface area (TPSA) is 98.9 Å². The molecule has 2 aromatic rings. The molecule has 8 nitrogen and oxygen atoms in total. The molecule has 0 spiro atoms. The third-order valence-electron chi connectivity index (χ3n) is 7.96. The van der Waals surface area contributed by atoms with Crippen LogP contribution >= 0.6 is 11.8 Å². The van der Waals surface area contributed by atoms with E-state index in [0.29, 0.717) is 16.3 Å². The van der Waals surface area contributed by atoms with Gasteiger partial charge in [-0.3, -0.25) is 9.69 Å². The number of ether oxygens (including phenoxy) is 3. The number of allylic oxidation sites excluding steroid dienone is 1. The van der Waals surface area contributed by atoms with Crippen LogP contribution in [0.3, 0.4) is 0 Å². The Bertz CT molecular complexity index is 1470. The van der Waals surface area contributed by atoms with Crippen LogP contribution in [-0.2, 0) is 4.79 Å². The number of piperidine rings is 1. The van der Waals surface area contributed by atoms with Gasteiger partial charge in [0.15, 0.2) is 11.5 Å². The number of nitrogens with zero attached hydrogens (tertiary/aromatic N) is 2. The van der Waals surface area contributed by atoms with E-state index >= 15 is 8.78 Å². The van der Waals surface area contributed by atoms with Gasteiger partial charge in [0.1, 0.15) is 6.04 Å². The number of hydrogen-bond acceptors (Lipinski definition) is 8. The van der Waals surface area contributed by atoms with Crippen molar-refractivity contribution in [1.82, 2.24) is 15.2 Å². The first kappa shape index (κ1) is 32.2. The summed E-state index contributed by atoms with van der Waals surface area (Å²) in [6, 6.07) is 0.427. The zero-order chi connectivity index (χ0) is 32.2. The number of hydrogen-bond donors (Lipinski definition) is 2. The van der Waals surface area contributed by atoms with Gasteiger partial charge in [-0.2, -0.15) is 13.2 Å². The molecule has 240 valence electrons. The number of aromatic nitrogens is 1. The second kappa shape index (κ2) is 11.6. The molecule has 0 bridgehead atoms. The van der Waals surface area contributed by atoms with E-state index in [1.54, 1.807) is 6.08 Å². The Morgan fingerprint density at radius 2 is 1.89 bits per heavy atom. The quantitative estimate of drug-likeness (QED) is 0.365. The first-order chi connectivity index (χ1) is 20.5. The van der Waals surface area contributed by atoms with Crippen molar-refractivity contribution < 1.29 is 49.7 Å². The molecule has 1 aromatic heterocycles. The Hall–Kier alpha value is -3.24. The molecule has 0 aliphatic carbocycles. The van der Waals surface area contributed by atoms with E-state index in [-0.39, 0.29) is 36.1 Å². The van der Waals surface area contributed by atoms with Gasteiger partial charge < -0.3 is 25.3 Å². The fourth-order valence-electron chi connectivity index (χ4n) is 5.38. The molecule has 16 heteroatoms. The summed E-state index contributed by atoms with van der Waals surface area (Å²) in [4.78, 5) is 19.2. The van der Waals surface area contributed by atoms with Gasteiger partial charge in [-0.1, -0.05) is 24.8 Å². The molecule has 4 heterocycles. The lowest BCUT2D eigenvalue weighted by Crippen LogP contribution is -2.53. The van der Waals surface area contributed by atoms with Crippen molar-refractivity contribution >= 4 is 17.7 Å². The summed E-state index contributed by atoms with van der Waals surface area (Å²) in [6.45, 7) is 2.92. The van der Waals surface area contributed by atoms with E-state index in [4.69, 9.17) is 10.5 Å². The highest BCUT2D eigenvalue weighted by molar-refractivity contribution is 8.03. The average Bonchev–Trinajstić information content (AvgIpc) is 3.17. The molecular formula is C28H29F7N4O4S. The number of amides is 1. The van der Waals surface area contributed by atoms with Gasteiger partial charge in [0.25, 0.3) is 5.92 Å². The van der Waals surface area contributed by atoms with Gasteiger partial charge in [-0.25, -0.2) is 13.8 Å². The van der Waals surface area contributed by atoms with Crippen LogP contribution < -0.4 is 25.3 Å². The maximum absolute atomic E-state index is 15.2. The summed E-state index contributed by atoms with van der Waals surface area (Å²) in [5.74, 6) is -6.14. The maximum atomic E-state index is 15.2. The number of fused-ring (bicyclic) bond motifs is 2. The number of carbonyl (C=O) groups excluding carboxylic acids is 1. The number of alkyl halides is 7.